The van der Waals surface area contributed by atoms with E-state index in [4.69, 9.17) is 6.58 Å². The minimum absolute atomic E-state index is 0.575. The van der Waals surface area contributed by atoms with Gasteiger partial charge in [0.1, 0.15) is 0 Å². The van der Waals surface area contributed by atoms with E-state index in [2.05, 4.69) is 252 Å². The van der Waals surface area contributed by atoms with E-state index >= 15 is 0 Å². The van der Waals surface area contributed by atoms with Gasteiger partial charge in [-0.2, -0.15) is 0 Å². The van der Waals surface area contributed by atoms with Crippen molar-refractivity contribution >= 4 is 44.9 Å². The molecule has 0 amide bonds. The van der Waals surface area contributed by atoms with Gasteiger partial charge in [0.25, 0.3) is 0 Å². The Morgan fingerprint density at radius 2 is 0.984 bits per heavy atom. The first-order valence-electron chi connectivity index (χ1n) is 21.7. The van der Waals surface area contributed by atoms with Gasteiger partial charge in [0.15, 0.2) is 0 Å². The maximum absolute atomic E-state index is 4.83. The molecule has 1 unspecified atom stereocenters. The third-order valence-electron chi connectivity index (χ3n) is 13.2. The lowest BCUT2D eigenvalue weighted by Gasteiger charge is -2.36. The van der Waals surface area contributed by atoms with Gasteiger partial charge in [-0.15, -0.1) is 0 Å². The maximum Gasteiger partial charge on any atom is 0.0714 e. The summed E-state index contributed by atoms with van der Waals surface area (Å²) in [6, 6.07) is 79.7. The van der Waals surface area contributed by atoms with Crippen LogP contribution in [-0.4, -0.2) is 4.57 Å². The summed E-state index contributed by atoms with van der Waals surface area (Å²) >= 11 is 0. The molecule has 2 nitrogen and oxygen atoms in total. The van der Waals surface area contributed by atoms with Crippen molar-refractivity contribution in [3.05, 3.63) is 271 Å². The highest BCUT2D eigenvalue weighted by Gasteiger charge is 2.48. The lowest BCUT2D eigenvalue weighted by Crippen LogP contribution is -2.30. The number of fused-ring (bicyclic) bond motifs is 10. The van der Waals surface area contributed by atoms with E-state index in [9.17, 15) is 0 Å². The molecule has 9 aromatic carbocycles. The van der Waals surface area contributed by atoms with Crippen molar-refractivity contribution in [2.75, 3.05) is 4.90 Å². The first-order valence-corrected chi connectivity index (χ1v) is 21.7. The second-order valence-electron chi connectivity index (χ2n) is 16.5. The zero-order valence-electron chi connectivity index (χ0n) is 34.7. The molecule has 10 aromatic rings. The summed E-state index contributed by atoms with van der Waals surface area (Å²) in [5.41, 5.74) is 19.4. The second kappa shape index (κ2) is 14.8. The van der Waals surface area contributed by atoms with Crippen LogP contribution in [0, 0.1) is 0 Å². The molecule has 2 aliphatic rings. The van der Waals surface area contributed by atoms with Crippen LogP contribution in [0.25, 0.3) is 66.9 Å². The van der Waals surface area contributed by atoms with Crippen LogP contribution < -0.4 is 4.90 Å². The van der Waals surface area contributed by atoms with Crippen molar-refractivity contribution in [1.29, 1.82) is 0 Å². The van der Waals surface area contributed by atoms with Crippen LogP contribution >= 0.6 is 0 Å². The largest absolute Gasteiger partial charge is 0.310 e. The van der Waals surface area contributed by atoms with Crippen molar-refractivity contribution in [2.24, 2.45) is 0 Å². The van der Waals surface area contributed by atoms with Gasteiger partial charge in [-0.1, -0.05) is 189 Å². The Bertz CT molecular complexity index is 3440. The third-order valence-corrected chi connectivity index (χ3v) is 13.2. The number of benzene rings is 9. The second-order valence-corrected chi connectivity index (χ2v) is 16.5. The fraction of sp³-hybridized carbons (Fsp3) is 0.0164. The highest BCUT2D eigenvalue weighted by atomic mass is 15.1. The molecule has 0 saturated heterocycles. The number of rotatable bonds is 6. The van der Waals surface area contributed by atoms with Gasteiger partial charge in [0.05, 0.1) is 22.1 Å². The van der Waals surface area contributed by atoms with Crippen LogP contribution in [0.15, 0.2) is 249 Å². The molecule has 0 saturated carbocycles. The number of anilines is 3. The highest BCUT2D eigenvalue weighted by Crippen LogP contribution is 2.60. The normalized spacial score (nSPS) is 16.0. The van der Waals surface area contributed by atoms with E-state index in [-0.39, 0.29) is 0 Å². The molecule has 0 radical (unpaired) electrons. The van der Waals surface area contributed by atoms with Crippen LogP contribution in [0.1, 0.15) is 22.3 Å². The Balaban J connectivity index is 1.04. The Labute approximate surface area is 368 Å². The lowest BCUT2D eigenvalue weighted by atomic mass is 9.66. The Hall–Kier alpha value is -8.20. The summed E-state index contributed by atoms with van der Waals surface area (Å²) in [4.78, 5) is 2.44. The van der Waals surface area contributed by atoms with Crippen LogP contribution in [0.5, 0.6) is 0 Å². The van der Waals surface area contributed by atoms with Crippen molar-refractivity contribution in [2.45, 2.75) is 5.41 Å². The van der Waals surface area contributed by atoms with Gasteiger partial charge < -0.3 is 9.47 Å². The predicted octanol–water partition coefficient (Wildman–Crippen LogP) is 16.0. The molecule has 1 atom stereocenters. The molecule has 0 N–H and O–H groups in total. The fourth-order valence-electron chi connectivity index (χ4n) is 10.4. The molecule has 1 heterocycles. The first-order chi connectivity index (χ1) is 31.2. The number of hydrogen-bond donors (Lipinski definition) is 0. The number of aromatic nitrogens is 1. The first kappa shape index (κ1) is 36.6. The molecule has 0 aliphatic heterocycles. The molecule has 2 heteroatoms. The van der Waals surface area contributed by atoms with Gasteiger partial charge in [-0.05, 0) is 116 Å². The monoisotopic (exact) mass is 802 g/mol. The summed E-state index contributed by atoms with van der Waals surface area (Å²) in [7, 11) is 0. The summed E-state index contributed by atoms with van der Waals surface area (Å²) in [6.45, 7) is 4.83. The maximum atomic E-state index is 4.83. The number of hydrogen-bond acceptors (Lipinski definition) is 1. The van der Waals surface area contributed by atoms with E-state index in [1.54, 1.807) is 0 Å². The molecular weight excluding hydrogens is 761 g/mol. The van der Waals surface area contributed by atoms with E-state index in [1.807, 2.05) is 0 Å². The highest BCUT2D eigenvalue weighted by molar-refractivity contribution is 6.10. The van der Waals surface area contributed by atoms with E-state index in [0.29, 0.717) is 0 Å². The van der Waals surface area contributed by atoms with E-state index in [1.165, 1.54) is 77.4 Å². The molecule has 12 rings (SSSR count). The van der Waals surface area contributed by atoms with Crippen LogP contribution in [0.2, 0.25) is 0 Å². The molecule has 296 valence electrons. The molecule has 1 spiro atoms. The molecule has 1 aromatic heterocycles. The number of para-hydroxylation sites is 2. The van der Waals surface area contributed by atoms with E-state index < -0.39 is 5.41 Å². The van der Waals surface area contributed by atoms with Crippen LogP contribution in [-0.2, 0) is 5.41 Å². The van der Waals surface area contributed by atoms with Crippen LogP contribution in [0.4, 0.5) is 17.1 Å². The van der Waals surface area contributed by atoms with Gasteiger partial charge in [-0.25, -0.2) is 0 Å². The van der Waals surface area contributed by atoms with Gasteiger partial charge in [-0.3, -0.25) is 0 Å². The summed E-state index contributed by atoms with van der Waals surface area (Å²) < 4.78 is 2.37. The molecular formula is C61H42N2. The van der Waals surface area contributed by atoms with Gasteiger partial charge >= 0.3 is 0 Å². The molecule has 0 fully saturated rings. The van der Waals surface area contributed by atoms with Gasteiger partial charge in [0.2, 0.25) is 0 Å². The third kappa shape index (κ3) is 5.72. The molecule has 0 bridgehead atoms. The quantitative estimate of drug-likeness (QED) is 0.163. The average molecular weight is 803 g/mol. The summed E-state index contributed by atoms with van der Waals surface area (Å²) in [5.74, 6) is 0. The smallest absolute Gasteiger partial charge is 0.0714 e. The standard InChI is InChI=1S/C61H42N2/c1-42-17-8-9-20-46-21-10-13-26-54(46)61(42)55-27-14-11-25-52(55)60-56(61)28-16-30-59(60)62(49-36-31-44(32-37-49)43-18-4-2-5-19-43)50-38-33-45(34-39-50)47-35-40-58-53(41-47)51-24-12-15-29-57(51)63(58)48-22-6-3-7-23-48/h2-41H,1H2/b17-8-,20-9-. The Kier molecular flexibility index (Phi) is 8.58. The van der Waals surface area contributed by atoms with E-state index in [0.717, 1.165) is 28.3 Å². The topological polar surface area (TPSA) is 8.17 Å². The fourth-order valence-corrected chi connectivity index (χ4v) is 10.4. The zero-order valence-corrected chi connectivity index (χ0v) is 34.7. The average Bonchev–Trinajstić information content (AvgIpc) is 3.85. The summed E-state index contributed by atoms with van der Waals surface area (Å²) in [5, 5.41) is 2.49. The van der Waals surface area contributed by atoms with Crippen molar-refractivity contribution in [3.8, 4) is 39.1 Å². The lowest BCUT2D eigenvalue weighted by molar-refractivity contribution is 0.767. The molecule has 63 heavy (non-hydrogen) atoms. The van der Waals surface area contributed by atoms with Crippen LogP contribution in [0.3, 0.4) is 0 Å². The van der Waals surface area contributed by atoms with Crippen molar-refractivity contribution < 1.29 is 0 Å². The summed E-state index contributed by atoms with van der Waals surface area (Å²) in [6.07, 6.45) is 8.68. The molecule has 2 aliphatic carbocycles. The minimum atomic E-state index is -0.575. The Morgan fingerprint density at radius 1 is 0.413 bits per heavy atom. The SMILES string of the molecule is C=C1/C=C\C=C/c2ccccc2C12c1ccccc1-c1c(N(c3ccc(-c4ccccc4)cc3)c3ccc(-c4ccc5c(c4)c4ccccc4n5-c4ccccc4)cc3)cccc12. The predicted molar refractivity (Wildman–Crippen MR) is 265 cm³/mol. The Morgan fingerprint density at radius 3 is 1.76 bits per heavy atom. The van der Waals surface area contributed by atoms with Crippen molar-refractivity contribution in [3.63, 3.8) is 0 Å². The number of allylic oxidation sites excluding steroid dienone is 4. The minimum Gasteiger partial charge on any atom is -0.310 e. The number of nitrogens with zero attached hydrogens (tertiary/aromatic N) is 2. The van der Waals surface area contributed by atoms with Gasteiger partial charge in [0, 0.05) is 33.4 Å². The van der Waals surface area contributed by atoms with Crippen molar-refractivity contribution in [1.82, 2.24) is 4.57 Å². The zero-order chi connectivity index (χ0) is 41.9.